The molecule has 1 aromatic carbocycles. The van der Waals surface area contributed by atoms with Crippen molar-refractivity contribution in [2.75, 3.05) is 0 Å². The predicted molar refractivity (Wildman–Crippen MR) is 83.5 cm³/mol. The van der Waals surface area contributed by atoms with E-state index in [1.807, 2.05) is 0 Å². The van der Waals surface area contributed by atoms with Gasteiger partial charge in [0.2, 0.25) is 0 Å². The first-order valence-corrected chi connectivity index (χ1v) is 7.58. The minimum atomic E-state index is -0.765. The summed E-state index contributed by atoms with van der Waals surface area (Å²) in [6, 6.07) is 6.42. The molecular formula is C16H21N3O3. The van der Waals surface area contributed by atoms with E-state index in [0.29, 0.717) is 5.56 Å². The number of rotatable bonds is 3. The van der Waals surface area contributed by atoms with E-state index in [9.17, 15) is 9.59 Å². The van der Waals surface area contributed by atoms with Crippen LogP contribution in [0.2, 0.25) is 0 Å². The lowest BCUT2D eigenvalue weighted by molar-refractivity contribution is -0.139. The van der Waals surface area contributed by atoms with Gasteiger partial charge in [-0.1, -0.05) is 25.7 Å². The van der Waals surface area contributed by atoms with Gasteiger partial charge >= 0.3 is 11.8 Å². The van der Waals surface area contributed by atoms with Crippen LogP contribution in [0.3, 0.4) is 0 Å². The van der Waals surface area contributed by atoms with Crippen molar-refractivity contribution in [3.8, 4) is 5.75 Å². The molecule has 1 saturated carbocycles. The number of hydrazone groups is 1. The third kappa shape index (κ3) is 5.20. The van der Waals surface area contributed by atoms with Gasteiger partial charge in [-0.25, -0.2) is 5.43 Å². The smallest absolute Gasteiger partial charge is 0.329 e. The van der Waals surface area contributed by atoms with E-state index in [1.54, 1.807) is 12.1 Å². The molecule has 1 aliphatic rings. The highest BCUT2D eigenvalue weighted by molar-refractivity contribution is 6.35. The fraction of sp³-hybridized carbons (Fsp3) is 0.438. The fourth-order valence-electron chi connectivity index (χ4n) is 2.45. The van der Waals surface area contributed by atoms with Crippen molar-refractivity contribution in [3.05, 3.63) is 29.8 Å². The summed E-state index contributed by atoms with van der Waals surface area (Å²) in [4.78, 5) is 23.5. The highest BCUT2D eigenvalue weighted by atomic mass is 16.3. The number of hydrogen-bond donors (Lipinski definition) is 3. The molecule has 0 unspecified atom stereocenters. The lowest BCUT2D eigenvalue weighted by Crippen LogP contribution is -2.43. The second kappa shape index (κ2) is 8.17. The molecule has 118 valence electrons. The fourth-order valence-corrected chi connectivity index (χ4v) is 2.45. The zero-order valence-electron chi connectivity index (χ0n) is 12.4. The van der Waals surface area contributed by atoms with Crippen molar-refractivity contribution in [1.29, 1.82) is 0 Å². The summed E-state index contributed by atoms with van der Waals surface area (Å²) < 4.78 is 0. The molecule has 6 nitrogen and oxygen atoms in total. The summed E-state index contributed by atoms with van der Waals surface area (Å²) in [6.45, 7) is 0. The molecule has 3 N–H and O–H groups in total. The lowest BCUT2D eigenvalue weighted by Gasteiger charge is -2.14. The van der Waals surface area contributed by atoms with Crippen molar-refractivity contribution < 1.29 is 14.7 Å². The molecule has 1 aromatic rings. The Morgan fingerprint density at radius 1 is 1.05 bits per heavy atom. The van der Waals surface area contributed by atoms with Crippen LogP contribution in [0.1, 0.15) is 44.1 Å². The molecule has 2 amide bonds. The minimum absolute atomic E-state index is 0.0850. The zero-order chi connectivity index (χ0) is 15.8. The Hall–Kier alpha value is -2.37. The molecule has 0 atom stereocenters. The van der Waals surface area contributed by atoms with E-state index in [-0.39, 0.29) is 11.8 Å². The van der Waals surface area contributed by atoms with Crippen molar-refractivity contribution in [2.24, 2.45) is 5.10 Å². The summed E-state index contributed by atoms with van der Waals surface area (Å²) >= 11 is 0. The third-order valence-electron chi connectivity index (χ3n) is 3.67. The Labute approximate surface area is 129 Å². The van der Waals surface area contributed by atoms with Gasteiger partial charge < -0.3 is 10.4 Å². The van der Waals surface area contributed by atoms with Gasteiger partial charge in [0.15, 0.2) is 0 Å². The van der Waals surface area contributed by atoms with Gasteiger partial charge in [0.05, 0.1) is 6.21 Å². The molecular weight excluding hydrogens is 282 g/mol. The van der Waals surface area contributed by atoms with Crippen molar-refractivity contribution in [3.63, 3.8) is 0 Å². The SMILES string of the molecule is O=C(N/N=C\c1ccc(O)cc1)C(=O)NC1CCCCCC1. The van der Waals surface area contributed by atoms with E-state index in [4.69, 9.17) is 5.11 Å². The van der Waals surface area contributed by atoms with E-state index < -0.39 is 11.8 Å². The number of phenolic OH excluding ortho intramolecular Hbond substituents is 1. The number of amides is 2. The monoisotopic (exact) mass is 303 g/mol. The predicted octanol–water partition coefficient (Wildman–Crippen LogP) is 1.68. The van der Waals surface area contributed by atoms with Crippen LogP contribution in [0.15, 0.2) is 29.4 Å². The van der Waals surface area contributed by atoms with Gasteiger partial charge in [0.25, 0.3) is 0 Å². The Balaban J connectivity index is 1.78. The average molecular weight is 303 g/mol. The Morgan fingerprint density at radius 3 is 2.32 bits per heavy atom. The zero-order valence-corrected chi connectivity index (χ0v) is 12.4. The molecule has 0 aromatic heterocycles. The van der Waals surface area contributed by atoms with Gasteiger partial charge in [0, 0.05) is 6.04 Å². The van der Waals surface area contributed by atoms with Crippen LogP contribution in [-0.4, -0.2) is 29.2 Å². The quantitative estimate of drug-likeness (QED) is 0.343. The molecule has 0 spiro atoms. The molecule has 1 fully saturated rings. The van der Waals surface area contributed by atoms with Crippen LogP contribution < -0.4 is 10.7 Å². The summed E-state index contributed by atoms with van der Waals surface area (Å²) in [5.41, 5.74) is 2.92. The van der Waals surface area contributed by atoms with E-state index in [1.165, 1.54) is 31.2 Å². The molecule has 6 heteroatoms. The van der Waals surface area contributed by atoms with E-state index in [2.05, 4.69) is 15.8 Å². The lowest BCUT2D eigenvalue weighted by atomic mass is 10.1. The summed E-state index contributed by atoms with van der Waals surface area (Å²) in [5.74, 6) is -1.25. The highest BCUT2D eigenvalue weighted by Crippen LogP contribution is 2.17. The van der Waals surface area contributed by atoms with Gasteiger partial charge in [-0.3, -0.25) is 9.59 Å². The first-order chi connectivity index (χ1) is 10.6. The number of nitrogens with one attached hydrogen (secondary N) is 2. The Morgan fingerprint density at radius 2 is 1.68 bits per heavy atom. The van der Waals surface area contributed by atoms with Crippen LogP contribution in [-0.2, 0) is 9.59 Å². The summed E-state index contributed by atoms with van der Waals surface area (Å²) in [7, 11) is 0. The largest absolute Gasteiger partial charge is 0.508 e. The summed E-state index contributed by atoms with van der Waals surface area (Å²) in [6.07, 6.45) is 7.82. The third-order valence-corrected chi connectivity index (χ3v) is 3.67. The number of carbonyl (C=O) groups excluding carboxylic acids is 2. The molecule has 1 aliphatic carbocycles. The normalized spacial score (nSPS) is 16.2. The number of hydrogen-bond acceptors (Lipinski definition) is 4. The molecule has 0 radical (unpaired) electrons. The maximum absolute atomic E-state index is 11.8. The van der Waals surface area contributed by atoms with Crippen LogP contribution in [0.5, 0.6) is 5.75 Å². The van der Waals surface area contributed by atoms with Crippen molar-refractivity contribution in [2.45, 2.75) is 44.6 Å². The molecule has 2 rings (SSSR count). The molecule has 22 heavy (non-hydrogen) atoms. The molecule has 0 saturated heterocycles. The van der Waals surface area contributed by atoms with Gasteiger partial charge in [-0.2, -0.15) is 5.10 Å². The Kier molecular flexibility index (Phi) is 5.94. The van der Waals surface area contributed by atoms with Crippen molar-refractivity contribution in [1.82, 2.24) is 10.7 Å². The van der Waals surface area contributed by atoms with Crippen molar-refractivity contribution >= 4 is 18.0 Å². The summed E-state index contributed by atoms with van der Waals surface area (Å²) in [5, 5.41) is 15.6. The van der Waals surface area contributed by atoms with Gasteiger partial charge in [-0.05, 0) is 42.7 Å². The first-order valence-electron chi connectivity index (χ1n) is 7.58. The number of aromatic hydroxyl groups is 1. The van der Waals surface area contributed by atoms with Crippen LogP contribution in [0.25, 0.3) is 0 Å². The number of phenols is 1. The Bertz CT molecular complexity index is 532. The molecule has 0 heterocycles. The standard InChI is InChI=1S/C16H21N3O3/c20-14-9-7-12(8-10-14)11-17-19-16(22)15(21)18-13-5-3-1-2-4-6-13/h7-11,13,20H,1-6H2,(H,18,21)(H,19,22)/b17-11-. The first kappa shape index (κ1) is 16.0. The maximum Gasteiger partial charge on any atom is 0.329 e. The number of carbonyl (C=O) groups is 2. The van der Waals surface area contributed by atoms with Crippen LogP contribution in [0, 0.1) is 0 Å². The average Bonchev–Trinajstić information content (AvgIpc) is 2.77. The second-order valence-electron chi connectivity index (χ2n) is 5.45. The highest BCUT2D eigenvalue weighted by Gasteiger charge is 2.19. The van der Waals surface area contributed by atoms with E-state index in [0.717, 1.165) is 25.7 Å². The number of benzene rings is 1. The van der Waals surface area contributed by atoms with Crippen LogP contribution in [0.4, 0.5) is 0 Å². The van der Waals surface area contributed by atoms with E-state index >= 15 is 0 Å². The minimum Gasteiger partial charge on any atom is -0.508 e. The number of nitrogens with zero attached hydrogens (tertiary/aromatic N) is 1. The maximum atomic E-state index is 11.8. The van der Waals surface area contributed by atoms with Gasteiger partial charge in [0.1, 0.15) is 5.75 Å². The molecule has 0 bridgehead atoms. The topological polar surface area (TPSA) is 90.8 Å². The van der Waals surface area contributed by atoms with Gasteiger partial charge in [-0.15, -0.1) is 0 Å². The second-order valence-corrected chi connectivity index (χ2v) is 5.45. The van der Waals surface area contributed by atoms with Crippen LogP contribution >= 0.6 is 0 Å². The molecule has 0 aliphatic heterocycles.